The third kappa shape index (κ3) is 6.79. The van der Waals surface area contributed by atoms with Crippen LogP contribution in [0.25, 0.3) is 0 Å². The molecule has 0 saturated heterocycles. The van der Waals surface area contributed by atoms with Crippen LogP contribution in [0.5, 0.6) is 5.75 Å². The number of hydrogen-bond donors (Lipinski definition) is 2. The predicted molar refractivity (Wildman–Crippen MR) is 74.2 cm³/mol. The van der Waals surface area contributed by atoms with Crippen molar-refractivity contribution in [2.24, 2.45) is 0 Å². The summed E-state index contributed by atoms with van der Waals surface area (Å²) in [4.78, 5) is 11.3. The fourth-order valence-electron chi connectivity index (χ4n) is 1.55. The molecule has 0 spiro atoms. The number of rotatable bonds is 9. The van der Waals surface area contributed by atoms with Gasteiger partial charge in [-0.1, -0.05) is 12.1 Å². The van der Waals surface area contributed by atoms with Crippen LogP contribution >= 0.6 is 0 Å². The predicted octanol–water partition coefficient (Wildman–Crippen LogP) is 0.937. The molecule has 19 heavy (non-hydrogen) atoms. The first-order valence-corrected chi connectivity index (χ1v) is 6.44. The molecule has 2 N–H and O–H groups in total. The molecule has 1 rings (SSSR count). The number of benzene rings is 1. The topological polar surface area (TPSA) is 59.6 Å². The van der Waals surface area contributed by atoms with Gasteiger partial charge in [0.25, 0.3) is 5.91 Å². The van der Waals surface area contributed by atoms with E-state index >= 15 is 0 Å². The minimum absolute atomic E-state index is 0.0500. The molecular formula is C14H22N2O3. The molecule has 5 heteroatoms. The molecule has 1 aromatic rings. The maximum Gasteiger partial charge on any atom is 0.257 e. The van der Waals surface area contributed by atoms with Crippen molar-refractivity contribution in [2.45, 2.75) is 13.5 Å². The van der Waals surface area contributed by atoms with E-state index in [2.05, 4.69) is 10.6 Å². The van der Waals surface area contributed by atoms with Gasteiger partial charge in [-0.05, 0) is 24.6 Å². The van der Waals surface area contributed by atoms with Crippen LogP contribution in [0.15, 0.2) is 24.3 Å². The lowest BCUT2D eigenvalue weighted by molar-refractivity contribution is -0.122. The molecule has 0 aliphatic rings. The largest absolute Gasteiger partial charge is 0.484 e. The van der Waals surface area contributed by atoms with E-state index in [0.29, 0.717) is 18.9 Å². The fourth-order valence-corrected chi connectivity index (χ4v) is 1.55. The Morgan fingerprint density at radius 2 is 2.21 bits per heavy atom. The molecule has 0 radical (unpaired) electrons. The van der Waals surface area contributed by atoms with E-state index in [9.17, 15) is 4.79 Å². The lowest BCUT2D eigenvalue weighted by Gasteiger charge is -2.08. The van der Waals surface area contributed by atoms with Crippen molar-refractivity contribution < 1.29 is 14.3 Å². The summed E-state index contributed by atoms with van der Waals surface area (Å²) in [5.74, 6) is 0.600. The Morgan fingerprint density at radius 1 is 1.37 bits per heavy atom. The van der Waals surface area contributed by atoms with Crippen LogP contribution < -0.4 is 15.4 Å². The molecule has 0 bridgehead atoms. The van der Waals surface area contributed by atoms with E-state index in [1.54, 1.807) is 7.11 Å². The Labute approximate surface area is 114 Å². The van der Waals surface area contributed by atoms with Crippen LogP contribution in [-0.4, -0.2) is 39.3 Å². The van der Waals surface area contributed by atoms with Crippen molar-refractivity contribution in [1.82, 2.24) is 10.6 Å². The Morgan fingerprint density at radius 3 is 2.95 bits per heavy atom. The Kier molecular flexibility index (Phi) is 7.62. The molecule has 1 aromatic carbocycles. The third-order valence-electron chi connectivity index (χ3n) is 2.45. The van der Waals surface area contributed by atoms with Gasteiger partial charge in [0, 0.05) is 26.7 Å². The molecular weight excluding hydrogens is 244 g/mol. The molecule has 0 unspecified atom stereocenters. The second-order valence-electron chi connectivity index (χ2n) is 4.06. The van der Waals surface area contributed by atoms with Crippen molar-refractivity contribution in [3.63, 3.8) is 0 Å². The summed E-state index contributed by atoms with van der Waals surface area (Å²) >= 11 is 0. The van der Waals surface area contributed by atoms with E-state index in [4.69, 9.17) is 9.47 Å². The molecule has 5 nitrogen and oxygen atoms in total. The van der Waals surface area contributed by atoms with Gasteiger partial charge in [-0.25, -0.2) is 0 Å². The average molecular weight is 266 g/mol. The minimum atomic E-state index is -0.105. The number of methoxy groups -OCH3 is 1. The Bertz CT molecular complexity index is 383. The molecule has 0 atom stereocenters. The average Bonchev–Trinajstić information content (AvgIpc) is 2.42. The molecule has 0 aromatic heterocycles. The number of nitrogens with one attached hydrogen (secondary N) is 2. The van der Waals surface area contributed by atoms with Crippen molar-refractivity contribution in [2.75, 3.05) is 33.4 Å². The molecule has 1 amide bonds. The van der Waals surface area contributed by atoms with E-state index in [0.717, 1.165) is 18.7 Å². The summed E-state index contributed by atoms with van der Waals surface area (Å²) in [5.41, 5.74) is 1.12. The number of amides is 1. The van der Waals surface area contributed by atoms with E-state index in [1.807, 2.05) is 31.2 Å². The maximum absolute atomic E-state index is 11.3. The fraction of sp³-hybridized carbons (Fsp3) is 0.500. The van der Waals surface area contributed by atoms with Gasteiger partial charge in [0.05, 0.1) is 6.61 Å². The first-order chi connectivity index (χ1) is 9.26. The summed E-state index contributed by atoms with van der Waals surface area (Å²) in [6, 6.07) is 7.70. The number of ether oxygens (including phenoxy) is 2. The van der Waals surface area contributed by atoms with E-state index in [1.165, 1.54) is 0 Å². The molecule has 106 valence electrons. The molecule has 0 aliphatic heterocycles. The lowest BCUT2D eigenvalue weighted by Crippen LogP contribution is -2.28. The summed E-state index contributed by atoms with van der Waals surface area (Å²) in [7, 11) is 1.68. The number of carbonyl (C=O) groups excluding carboxylic acids is 1. The SMILES string of the molecule is CCNC(=O)COc1cccc(CNCCOC)c1. The van der Waals surface area contributed by atoms with Gasteiger partial charge in [0.15, 0.2) is 6.61 Å². The Balaban J connectivity index is 2.36. The van der Waals surface area contributed by atoms with Crippen LogP contribution in [0, 0.1) is 0 Å². The van der Waals surface area contributed by atoms with Gasteiger partial charge in [-0.15, -0.1) is 0 Å². The zero-order valence-electron chi connectivity index (χ0n) is 11.6. The smallest absolute Gasteiger partial charge is 0.257 e. The quantitative estimate of drug-likeness (QED) is 0.653. The third-order valence-corrected chi connectivity index (χ3v) is 2.45. The first-order valence-electron chi connectivity index (χ1n) is 6.44. The summed E-state index contributed by atoms with van der Waals surface area (Å²) in [5, 5.41) is 5.94. The number of carbonyl (C=O) groups is 1. The first kappa shape index (κ1) is 15.5. The van der Waals surface area contributed by atoms with Gasteiger partial charge in [-0.2, -0.15) is 0 Å². The summed E-state index contributed by atoms with van der Waals surface area (Å²) in [6.45, 7) is 4.79. The highest BCUT2D eigenvalue weighted by atomic mass is 16.5. The lowest BCUT2D eigenvalue weighted by atomic mass is 10.2. The number of likely N-dealkylation sites (N-methyl/N-ethyl adjacent to an activating group) is 1. The second kappa shape index (κ2) is 9.35. The van der Waals surface area contributed by atoms with Crippen LogP contribution in [0.3, 0.4) is 0 Å². The van der Waals surface area contributed by atoms with E-state index < -0.39 is 0 Å². The van der Waals surface area contributed by atoms with Crippen molar-refractivity contribution in [3.05, 3.63) is 29.8 Å². The van der Waals surface area contributed by atoms with Crippen LogP contribution in [-0.2, 0) is 16.1 Å². The molecule has 0 saturated carbocycles. The van der Waals surface area contributed by atoms with Gasteiger partial charge < -0.3 is 20.1 Å². The minimum Gasteiger partial charge on any atom is -0.484 e. The van der Waals surface area contributed by atoms with Crippen molar-refractivity contribution >= 4 is 5.91 Å². The monoisotopic (exact) mass is 266 g/mol. The maximum atomic E-state index is 11.3. The summed E-state index contributed by atoms with van der Waals surface area (Å²) < 4.78 is 10.4. The van der Waals surface area contributed by atoms with Gasteiger partial charge in [-0.3, -0.25) is 4.79 Å². The van der Waals surface area contributed by atoms with Gasteiger partial charge in [0.1, 0.15) is 5.75 Å². The highest BCUT2D eigenvalue weighted by Gasteiger charge is 2.01. The summed E-state index contributed by atoms with van der Waals surface area (Å²) in [6.07, 6.45) is 0. The van der Waals surface area contributed by atoms with Crippen molar-refractivity contribution in [1.29, 1.82) is 0 Å². The molecule has 0 aliphatic carbocycles. The second-order valence-corrected chi connectivity index (χ2v) is 4.06. The van der Waals surface area contributed by atoms with Crippen LogP contribution in [0.4, 0.5) is 0 Å². The highest BCUT2D eigenvalue weighted by Crippen LogP contribution is 2.12. The number of hydrogen-bond acceptors (Lipinski definition) is 4. The van der Waals surface area contributed by atoms with Gasteiger partial charge >= 0.3 is 0 Å². The van der Waals surface area contributed by atoms with Gasteiger partial charge in [0.2, 0.25) is 0 Å². The Hall–Kier alpha value is -1.59. The molecule has 0 heterocycles. The standard InChI is InChI=1S/C14H22N2O3/c1-3-16-14(17)11-19-13-6-4-5-12(9-13)10-15-7-8-18-2/h4-6,9,15H,3,7-8,10-11H2,1-2H3,(H,16,17). The van der Waals surface area contributed by atoms with E-state index in [-0.39, 0.29) is 12.5 Å². The normalized spacial score (nSPS) is 10.2. The van der Waals surface area contributed by atoms with Crippen LogP contribution in [0.1, 0.15) is 12.5 Å². The van der Waals surface area contributed by atoms with Crippen molar-refractivity contribution in [3.8, 4) is 5.75 Å². The zero-order valence-corrected chi connectivity index (χ0v) is 11.6. The van der Waals surface area contributed by atoms with Crippen LogP contribution in [0.2, 0.25) is 0 Å². The highest BCUT2D eigenvalue weighted by molar-refractivity contribution is 5.77. The zero-order chi connectivity index (χ0) is 13.9. The molecule has 0 fully saturated rings.